The van der Waals surface area contributed by atoms with E-state index in [1.54, 1.807) is 24.4 Å². The summed E-state index contributed by atoms with van der Waals surface area (Å²) in [5.74, 6) is -0.244. The highest BCUT2D eigenvalue weighted by atomic mass is 16.3. The van der Waals surface area contributed by atoms with E-state index in [9.17, 15) is 9.90 Å². The molecule has 146 valence electrons. The second-order valence-electron chi connectivity index (χ2n) is 6.80. The van der Waals surface area contributed by atoms with Gasteiger partial charge < -0.3 is 27.2 Å². The van der Waals surface area contributed by atoms with Crippen LogP contribution in [0.3, 0.4) is 0 Å². The van der Waals surface area contributed by atoms with Gasteiger partial charge in [-0.05, 0) is 56.6 Å². The van der Waals surface area contributed by atoms with Gasteiger partial charge >= 0.3 is 0 Å². The van der Waals surface area contributed by atoms with E-state index in [2.05, 4.69) is 22.5 Å². The number of fused-ring (bicyclic) bond motifs is 1. The fraction of sp³-hybridized carbons (Fsp3) is 0.238. The molecule has 28 heavy (non-hydrogen) atoms. The van der Waals surface area contributed by atoms with Gasteiger partial charge in [0.1, 0.15) is 5.75 Å². The molecule has 1 heterocycles. The van der Waals surface area contributed by atoms with Crippen molar-refractivity contribution in [2.45, 2.75) is 25.8 Å². The van der Waals surface area contributed by atoms with E-state index in [1.165, 1.54) is 12.1 Å². The number of aromatic nitrogens is 1. The summed E-state index contributed by atoms with van der Waals surface area (Å²) in [6.45, 7) is 2.72. The number of phenolic OH excluding ortho intramolecular Hbond substituents is 1. The minimum atomic E-state index is -0.291. The van der Waals surface area contributed by atoms with Gasteiger partial charge in [-0.15, -0.1) is 0 Å². The molecule has 0 fully saturated rings. The second kappa shape index (κ2) is 8.58. The number of pyridine rings is 1. The van der Waals surface area contributed by atoms with Crippen LogP contribution in [-0.4, -0.2) is 28.6 Å². The lowest BCUT2D eigenvalue weighted by molar-refractivity contribution is 0.102. The number of carbonyl (C=O) groups excluding carboxylic acids is 1. The molecule has 3 rings (SSSR count). The third-order valence-electron chi connectivity index (χ3n) is 4.49. The third kappa shape index (κ3) is 4.50. The smallest absolute Gasteiger partial charge is 0.255 e. The highest BCUT2D eigenvalue weighted by Gasteiger charge is 2.14. The second-order valence-corrected chi connectivity index (χ2v) is 6.80. The van der Waals surface area contributed by atoms with Gasteiger partial charge in [0.15, 0.2) is 0 Å². The van der Waals surface area contributed by atoms with Crippen molar-refractivity contribution in [3.8, 4) is 5.75 Å². The summed E-state index contributed by atoms with van der Waals surface area (Å²) in [5, 5.41) is 16.6. The first-order valence-corrected chi connectivity index (χ1v) is 9.23. The van der Waals surface area contributed by atoms with Crippen LogP contribution in [0.4, 0.5) is 17.1 Å². The van der Waals surface area contributed by atoms with Gasteiger partial charge in [0.25, 0.3) is 5.91 Å². The summed E-state index contributed by atoms with van der Waals surface area (Å²) in [6, 6.07) is 12.0. The fourth-order valence-electron chi connectivity index (χ4n) is 3.05. The minimum absolute atomic E-state index is 0.0465. The SMILES string of the molecule is CC(CCCN)Nc1cc(C(=O)Nc2ccc(O)cc2N)cc2cccnc12. The van der Waals surface area contributed by atoms with Crippen molar-refractivity contribution < 1.29 is 9.90 Å². The lowest BCUT2D eigenvalue weighted by Crippen LogP contribution is -2.18. The number of hydrogen-bond acceptors (Lipinski definition) is 6. The maximum Gasteiger partial charge on any atom is 0.255 e. The number of aromatic hydroxyl groups is 1. The highest BCUT2D eigenvalue weighted by molar-refractivity contribution is 6.09. The lowest BCUT2D eigenvalue weighted by atomic mass is 10.1. The number of benzene rings is 2. The van der Waals surface area contributed by atoms with Crippen LogP contribution >= 0.6 is 0 Å². The molecular formula is C21H25N5O2. The predicted octanol–water partition coefficient (Wildman–Crippen LogP) is 3.31. The van der Waals surface area contributed by atoms with Crippen LogP contribution in [0.5, 0.6) is 5.75 Å². The Labute approximate surface area is 163 Å². The Morgan fingerprint density at radius 1 is 1.21 bits per heavy atom. The van der Waals surface area contributed by atoms with E-state index in [0.717, 1.165) is 29.4 Å². The van der Waals surface area contributed by atoms with E-state index < -0.39 is 0 Å². The van der Waals surface area contributed by atoms with E-state index in [4.69, 9.17) is 11.5 Å². The number of rotatable bonds is 7. The van der Waals surface area contributed by atoms with Gasteiger partial charge in [-0.3, -0.25) is 9.78 Å². The number of nitrogens with zero attached hydrogens (tertiary/aromatic N) is 1. The molecular weight excluding hydrogens is 354 g/mol. The van der Waals surface area contributed by atoms with Crippen molar-refractivity contribution in [2.24, 2.45) is 5.73 Å². The largest absolute Gasteiger partial charge is 0.508 e. The van der Waals surface area contributed by atoms with E-state index in [0.29, 0.717) is 23.5 Å². The summed E-state index contributed by atoms with van der Waals surface area (Å²) < 4.78 is 0. The number of anilines is 3. The van der Waals surface area contributed by atoms with Gasteiger partial charge in [-0.1, -0.05) is 6.07 Å². The van der Waals surface area contributed by atoms with Gasteiger partial charge in [-0.25, -0.2) is 0 Å². The molecule has 0 aliphatic carbocycles. The first-order chi connectivity index (χ1) is 13.5. The Balaban J connectivity index is 1.91. The van der Waals surface area contributed by atoms with Crippen LogP contribution in [-0.2, 0) is 0 Å². The zero-order valence-electron chi connectivity index (χ0n) is 15.8. The van der Waals surface area contributed by atoms with Crippen LogP contribution in [0.2, 0.25) is 0 Å². The topological polar surface area (TPSA) is 126 Å². The molecule has 7 heteroatoms. The Morgan fingerprint density at radius 2 is 2.04 bits per heavy atom. The number of carbonyl (C=O) groups is 1. The van der Waals surface area contributed by atoms with Gasteiger partial charge in [0.05, 0.1) is 22.6 Å². The van der Waals surface area contributed by atoms with Gasteiger partial charge in [0, 0.05) is 29.3 Å². The molecule has 0 spiro atoms. The molecule has 0 saturated carbocycles. The van der Waals surface area contributed by atoms with E-state index in [1.807, 2.05) is 12.1 Å². The highest BCUT2D eigenvalue weighted by Crippen LogP contribution is 2.27. The molecule has 0 bridgehead atoms. The number of amides is 1. The van der Waals surface area contributed by atoms with Crippen molar-refractivity contribution in [3.63, 3.8) is 0 Å². The molecule has 0 aliphatic rings. The zero-order chi connectivity index (χ0) is 20.1. The molecule has 3 aromatic rings. The molecule has 1 atom stereocenters. The van der Waals surface area contributed by atoms with Crippen LogP contribution < -0.4 is 22.1 Å². The zero-order valence-corrected chi connectivity index (χ0v) is 15.8. The first kappa shape index (κ1) is 19.4. The van der Waals surface area contributed by atoms with Crippen molar-refractivity contribution >= 4 is 33.9 Å². The van der Waals surface area contributed by atoms with E-state index in [-0.39, 0.29) is 17.7 Å². The minimum Gasteiger partial charge on any atom is -0.508 e. The molecule has 0 saturated heterocycles. The van der Waals surface area contributed by atoms with E-state index >= 15 is 0 Å². The average Bonchev–Trinajstić information content (AvgIpc) is 2.68. The standard InChI is InChI=1S/C21H25N5O2/c1-13(4-2-8-22)25-19-11-15(10-14-5-3-9-24-20(14)19)21(28)26-18-7-6-16(27)12-17(18)23/h3,5-7,9-13,25,27H,2,4,8,22-23H2,1H3,(H,26,28). The van der Waals surface area contributed by atoms with Gasteiger partial charge in [0.2, 0.25) is 0 Å². The molecule has 7 nitrogen and oxygen atoms in total. The number of nitrogens with one attached hydrogen (secondary N) is 2. The summed E-state index contributed by atoms with van der Waals surface area (Å²) in [5.41, 5.74) is 14.3. The molecule has 2 aromatic carbocycles. The fourth-order valence-corrected chi connectivity index (χ4v) is 3.05. The summed E-state index contributed by atoms with van der Waals surface area (Å²) in [6.07, 6.45) is 3.57. The molecule has 1 unspecified atom stereocenters. The van der Waals surface area contributed by atoms with Crippen LogP contribution in [0.15, 0.2) is 48.7 Å². The van der Waals surface area contributed by atoms with Crippen molar-refractivity contribution in [1.29, 1.82) is 0 Å². The molecule has 1 aromatic heterocycles. The summed E-state index contributed by atoms with van der Waals surface area (Å²) in [7, 11) is 0. The number of nitrogen functional groups attached to an aromatic ring is 1. The number of hydrogen-bond donors (Lipinski definition) is 5. The Hall–Kier alpha value is -3.32. The van der Waals surface area contributed by atoms with Crippen molar-refractivity contribution in [1.82, 2.24) is 4.98 Å². The van der Waals surface area contributed by atoms with Crippen LogP contribution in [0.1, 0.15) is 30.1 Å². The molecule has 1 amide bonds. The Bertz CT molecular complexity index is 990. The van der Waals surface area contributed by atoms with Crippen LogP contribution in [0, 0.1) is 0 Å². The molecule has 0 aliphatic heterocycles. The Kier molecular flexibility index (Phi) is 5.96. The van der Waals surface area contributed by atoms with Gasteiger partial charge in [-0.2, -0.15) is 0 Å². The molecule has 0 radical (unpaired) electrons. The maximum absolute atomic E-state index is 12.8. The number of phenols is 1. The van der Waals surface area contributed by atoms with Crippen molar-refractivity contribution in [2.75, 3.05) is 22.9 Å². The summed E-state index contributed by atoms with van der Waals surface area (Å²) >= 11 is 0. The first-order valence-electron chi connectivity index (χ1n) is 9.23. The monoisotopic (exact) mass is 379 g/mol. The third-order valence-corrected chi connectivity index (χ3v) is 4.49. The summed E-state index contributed by atoms with van der Waals surface area (Å²) in [4.78, 5) is 17.3. The Morgan fingerprint density at radius 3 is 2.79 bits per heavy atom. The quantitative estimate of drug-likeness (QED) is 0.317. The molecule has 7 N–H and O–H groups in total. The average molecular weight is 379 g/mol. The normalized spacial score (nSPS) is 11.9. The predicted molar refractivity (Wildman–Crippen MR) is 114 cm³/mol. The van der Waals surface area contributed by atoms with Crippen LogP contribution in [0.25, 0.3) is 10.9 Å². The lowest BCUT2D eigenvalue weighted by Gasteiger charge is -2.17. The maximum atomic E-state index is 12.8. The number of nitrogens with two attached hydrogens (primary N) is 2. The van der Waals surface area contributed by atoms with Crippen molar-refractivity contribution in [3.05, 3.63) is 54.2 Å².